The summed E-state index contributed by atoms with van der Waals surface area (Å²) in [5.41, 5.74) is 0.236. The minimum atomic E-state index is -0.353. The van der Waals surface area contributed by atoms with E-state index in [0.717, 1.165) is 32.2 Å². The molecule has 0 aliphatic carbocycles. The van der Waals surface area contributed by atoms with Crippen LogP contribution in [-0.4, -0.2) is 42.1 Å². The molecule has 0 radical (unpaired) electrons. The first-order valence-electron chi connectivity index (χ1n) is 9.56. The molecule has 0 aromatic heterocycles. The van der Waals surface area contributed by atoms with Gasteiger partial charge in [0, 0.05) is 30.0 Å². The van der Waals surface area contributed by atoms with Gasteiger partial charge in [-0.2, -0.15) is 0 Å². The molecule has 0 spiro atoms. The van der Waals surface area contributed by atoms with Crippen molar-refractivity contribution in [1.82, 2.24) is 10.6 Å². The average molecular weight is 352 g/mol. The molecule has 0 fully saturated rings. The molecule has 1 aliphatic heterocycles. The molecule has 0 aromatic rings. The molecule has 2 unspecified atom stereocenters. The Labute approximate surface area is 153 Å². The van der Waals surface area contributed by atoms with Crippen molar-refractivity contribution in [1.29, 1.82) is 0 Å². The summed E-state index contributed by atoms with van der Waals surface area (Å²) in [5.74, 6) is 0.491. The lowest BCUT2D eigenvalue weighted by atomic mass is 9.84. The fourth-order valence-electron chi connectivity index (χ4n) is 3.05. The van der Waals surface area contributed by atoms with Crippen LogP contribution < -0.4 is 10.6 Å². The van der Waals surface area contributed by atoms with Crippen LogP contribution in [0.1, 0.15) is 74.1 Å². The van der Waals surface area contributed by atoms with E-state index in [0.29, 0.717) is 12.3 Å². The highest BCUT2D eigenvalue weighted by Gasteiger charge is 2.31. The van der Waals surface area contributed by atoms with Crippen molar-refractivity contribution >= 4 is 17.4 Å². The molecule has 2 N–H and O–H groups in total. The van der Waals surface area contributed by atoms with Gasteiger partial charge in [0.05, 0.1) is 6.04 Å². The third kappa shape index (κ3) is 7.68. The largest absolute Gasteiger partial charge is 0.351 e. The average Bonchev–Trinajstić information content (AvgIpc) is 2.88. The van der Waals surface area contributed by atoms with Crippen LogP contribution >= 0.6 is 0 Å². The number of hydrogen-bond acceptors (Lipinski definition) is 4. The lowest BCUT2D eigenvalue weighted by Crippen LogP contribution is -2.50. The number of aliphatic imine (C=N–C) groups is 1. The Kier molecular flexibility index (Phi) is 7.79. The number of nitrogens with one attached hydrogen (secondary N) is 2. The third-order valence-electron chi connectivity index (χ3n) is 4.41. The summed E-state index contributed by atoms with van der Waals surface area (Å²) in [6, 6.07) is -0.144. The number of carbonyl (C=O) groups excluding carboxylic acids is 2. The fraction of sp³-hybridized carbons (Fsp3) is 0.850. The lowest BCUT2D eigenvalue weighted by Gasteiger charge is -2.31. The molecule has 0 saturated heterocycles. The Bertz CT molecular complexity index is 498. The summed E-state index contributed by atoms with van der Waals surface area (Å²) in [6.07, 6.45) is 3.53. The summed E-state index contributed by atoms with van der Waals surface area (Å²) >= 11 is 0. The second kappa shape index (κ2) is 8.93. The molecule has 5 heteroatoms. The van der Waals surface area contributed by atoms with E-state index < -0.39 is 0 Å². The van der Waals surface area contributed by atoms with E-state index in [9.17, 15) is 9.59 Å². The second-order valence-electron chi connectivity index (χ2n) is 9.27. The quantitative estimate of drug-likeness (QED) is 0.660. The molecular formula is C20H37N3O2. The van der Waals surface area contributed by atoms with Gasteiger partial charge in [-0.25, -0.2) is 0 Å². The van der Waals surface area contributed by atoms with Crippen LogP contribution in [0.5, 0.6) is 0 Å². The first kappa shape index (κ1) is 21.8. The highest BCUT2D eigenvalue weighted by molar-refractivity contribution is 6.40. The summed E-state index contributed by atoms with van der Waals surface area (Å²) < 4.78 is 0. The van der Waals surface area contributed by atoms with Gasteiger partial charge in [0.1, 0.15) is 5.71 Å². The van der Waals surface area contributed by atoms with Crippen LogP contribution in [0.25, 0.3) is 0 Å². The van der Waals surface area contributed by atoms with E-state index in [4.69, 9.17) is 0 Å². The number of rotatable bonds is 8. The summed E-state index contributed by atoms with van der Waals surface area (Å²) in [4.78, 5) is 29.0. The van der Waals surface area contributed by atoms with E-state index in [1.165, 1.54) is 0 Å². The number of hydrogen-bond donors (Lipinski definition) is 2. The molecule has 1 rings (SSSR count). The van der Waals surface area contributed by atoms with Gasteiger partial charge in [-0.3, -0.25) is 14.6 Å². The van der Waals surface area contributed by atoms with E-state index in [1.54, 1.807) is 0 Å². The Morgan fingerprint density at radius 3 is 2.28 bits per heavy atom. The smallest absolute Gasteiger partial charge is 0.265 e. The van der Waals surface area contributed by atoms with Crippen molar-refractivity contribution in [2.75, 3.05) is 13.1 Å². The van der Waals surface area contributed by atoms with Crippen LogP contribution in [0.15, 0.2) is 4.99 Å². The Hall–Kier alpha value is -1.23. The van der Waals surface area contributed by atoms with E-state index in [2.05, 4.69) is 36.4 Å². The minimum absolute atomic E-state index is 0.0277. The number of nitrogens with zero attached hydrogens (tertiary/aromatic N) is 1. The number of Topliss-reactive ketones (excluding diaryl/α,β-unsaturated/α-hetero) is 1. The van der Waals surface area contributed by atoms with Crippen molar-refractivity contribution in [3.8, 4) is 0 Å². The zero-order valence-corrected chi connectivity index (χ0v) is 17.2. The maximum atomic E-state index is 12.7. The van der Waals surface area contributed by atoms with Crippen molar-refractivity contribution in [3.05, 3.63) is 0 Å². The summed E-state index contributed by atoms with van der Waals surface area (Å²) in [5, 5.41) is 6.42. The normalized spacial score (nSPS) is 19.5. The minimum Gasteiger partial charge on any atom is -0.351 e. The molecule has 144 valence electrons. The van der Waals surface area contributed by atoms with Crippen LogP contribution in [0.2, 0.25) is 0 Å². The zero-order valence-electron chi connectivity index (χ0n) is 17.2. The first-order chi connectivity index (χ1) is 11.4. The molecule has 1 amide bonds. The molecule has 2 atom stereocenters. The second-order valence-corrected chi connectivity index (χ2v) is 9.27. The maximum absolute atomic E-state index is 12.7. The number of amides is 1. The molecular weight excluding hydrogens is 314 g/mol. The van der Waals surface area contributed by atoms with E-state index in [1.807, 2.05) is 27.7 Å². The number of ketones is 1. The molecule has 25 heavy (non-hydrogen) atoms. The van der Waals surface area contributed by atoms with E-state index in [-0.39, 0.29) is 34.6 Å². The summed E-state index contributed by atoms with van der Waals surface area (Å²) in [7, 11) is 0. The molecule has 1 heterocycles. The van der Waals surface area contributed by atoms with Gasteiger partial charge >= 0.3 is 0 Å². The molecule has 1 aliphatic rings. The van der Waals surface area contributed by atoms with Crippen molar-refractivity contribution in [2.24, 2.45) is 16.3 Å². The number of unbranched alkanes of at least 4 members (excludes halogenated alkanes) is 1. The SMILES string of the molecule is CC1CCN=C1C(=O)NCCCCC(NC(C)(C)C)C(=O)C(C)(C)C. The van der Waals surface area contributed by atoms with Gasteiger partial charge in [-0.1, -0.05) is 27.7 Å². The molecule has 5 nitrogen and oxygen atoms in total. The van der Waals surface area contributed by atoms with Crippen LogP contribution in [0, 0.1) is 11.3 Å². The topological polar surface area (TPSA) is 70.6 Å². The van der Waals surface area contributed by atoms with Crippen LogP contribution in [-0.2, 0) is 9.59 Å². The molecule has 0 saturated carbocycles. The number of carbonyl (C=O) groups is 2. The Morgan fingerprint density at radius 2 is 1.80 bits per heavy atom. The van der Waals surface area contributed by atoms with Crippen LogP contribution in [0.3, 0.4) is 0 Å². The Balaban J connectivity index is 2.41. The van der Waals surface area contributed by atoms with Gasteiger partial charge in [0.15, 0.2) is 5.78 Å². The highest BCUT2D eigenvalue weighted by atomic mass is 16.2. The predicted molar refractivity (Wildman–Crippen MR) is 104 cm³/mol. The van der Waals surface area contributed by atoms with Crippen LogP contribution in [0.4, 0.5) is 0 Å². The van der Waals surface area contributed by atoms with Gasteiger partial charge in [0.2, 0.25) is 0 Å². The van der Waals surface area contributed by atoms with Crippen molar-refractivity contribution in [3.63, 3.8) is 0 Å². The third-order valence-corrected chi connectivity index (χ3v) is 4.41. The highest BCUT2D eigenvalue weighted by Crippen LogP contribution is 2.21. The van der Waals surface area contributed by atoms with Crippen molar-refractivity contribution < 1.29 is 9.59 Å². The van der Waals surface area contributed by atoms with Gasteiger partial charge < -0.3 is 10.6 Å². The zero-order chi connectivity index (χ0) is 19.3. The van der Waals surface area contributed by atoms with Gasteiger partial charge in [-0.15, -0.1) is 0 Å². The van der Waals surface area contributed by atoms with Gasteiger partial charge in [0.25, 0.3) is 5.91 Å². The fourth-order valence-corrected chi connectivity index (χ4v) is 3.05. The molecule has 0 aromatic carbocycles. The van der Waals surface area contributed by atoms with E-state index >= 15 is 0 Å². The Morgan fingerprint density at radius 1 is 1.16 bits per heavy atom. The lowest BCUT2D eigenvalue weighted by molar-refractivity contribution is -0.129. The standard InChI is InChI=1S/C20H37N3O2/c1-14-11-13-21-16(14)18(25)22-12-9-8-10-15(23-20(5,6)7)17(24)19(2,3)4/h14-15,23H,8-13H2,1-7H3,(H,22,25). The predicted octanol–water partition coefficient (Wildman–Crippen LogP) is 3.13. The monoisotopic (exact) mass is 351 g/mol. The molecule has 0 bridgehead atoms. The summed E-state index contributed by atoms with van der Waals surface area (Å²) in [6.45, 7) is 15.6. The van der Waals surface area contributed by atoms with Crippen molar-refractivity contribution in [2.45, 2.75) is 85.7 Å². The maximum Gasteiger partial charge on any atom is 0.265 e. The van der Waals surface area contributed by atoms with Gasteiger partial charge in [-0.05, 0) is 46.5 Å². The first-order valence-corrected chi connectivity index (χ1v) is 9.56.